The van der Waals surface area contributed by atoms with E-state index in [4.69, 9.17) is 4.74 Å². The normalized spacial score (nSPS) is 19.6. The standard InChI is InChI=1S/C32H27N3O7/c1-42-25-18-14-21(15-19-25)28-27(30(36)22-8-4-2-5-9-22)26(20-12-16-24(17-13-20)35(40)41)29(31(37)38)34(28)32(39)33-23-10-6-3-7-11-23/h2-19,26-29H,1H3,(H,33,39)(H,37,38). The minimum Gasteiger partial charge on any atom is -0.497 e. The number of benzene rings is 4. The maximum Gasteiger partial charge on any atom is 0.327 e. The van der Waals surface area contributed by atoms with Crippen molar-refractivity contribution in [3.8, 4) is 5.75 Å². The highest BCUT2D eigenvalue weighted by atomic mass is 16.6. The van der Waals surface area contributed by atoms with Crippen molar-refractivity contribution in [3.63, 3.8) is 0 Å². The van der Waals surface area contributed by atoms with Gasteiger partial charge in [0.1, 0.15) is 11.8 Å². The number of nitrogens with zero attached hydrogens (tertiary/aromatic N) is 2. The second kappa shape index (κ2) is 11.9. The number of ketones is 1. The molecule has 0 bridgehead atoms. The van der Waals surface area contributed by atoms with Gasteiger partial charge in [-0.1, -0.05) is 72.8 Å². The van der Waals surface area contributed by atoms with Gasteiger partial charge in [-0.25, -0.2) is 9.59 Å². The lowest BCUT2D eigenvalue weighted by Gasteiger charge is -2.30. The number of methoxy groups -OCH3 is 1. The van der Waals surface area contributed by atoms with Crippen LogP contribution >= 0.6 is 0 Å². The summed E-state index contributed by atoms with van der Waals surface area (Å²) in [6, 6.07) is 26.1. The van der Waals surface area contributed by atoms with Crippen molar-refractivity contribution < 1.29 is 29.2 Å². The number of carbonyl (C=O) groups is 3. The van der Waals surface area contributed by atoms with E-state index in [2.05, 4.69) is 5.32 Å². The van der Waals surface area contributed by atoms with Crippen LogP contribution in [0.3, 0.4) is 0 Å². The van der Waals surface area contributed by atoms with Crippen LogP contribution in [0, 0.1) is 16.0 Å². The Morgan fingerprint density at radius 1 is 0.833 bits per heavy atom. The number of likely N-dealkylation sites (tertiary alicyclic amines) is 1. The van der Waals surface area contributed by atoms with Gasteiger partial charge in [0, 0.05) is 29.3 Å². The Balaban J connectivity index is 1.72. The fraction of sp³-hybridized carbons (Fsp3) is 0.156. The number of nitro benzene ring substituents is 1. The molecular formula is C32H27N3O7. The highest BCUT2D eigenvalue weighted by Crippen LogP contribution is 2.51. The third-order valence-corrected chi connectivity index (χ3v) is 7.49. The van der Waals surface area contributed by atoms with Crippen LogP contribution in [0.1, 0.15) is 33.4 Å². The van der Waals surface area contributed by atoms with E-state index in [1.807, 2.05) is 0 Å². The maximum atomic E-state index is 14.3. The molecule has 212 valence electrons. The Bertz CT molecular complexity index is 1590. The van der Waals surface area contributed by atoms with E-state index in [9.17, 15) is 29.6 Å². The van der Waals surface area contributed by atoms with Gasteiger partial charge in [-0.05, 0) is 35.4 Å². The van der Waals surface area contributed by atoms with Crippen molar-refractivity contribution >= 4 is 29.2 Å². The van der Waals surface area contributed by atoms with Gasteiger partial charge in [-0.2, -0.15) is 0 Å². The van der Waals surface area contributed by atoms with Crippen LogP contribution in [-0.2, 0) is 4.79 Å². The average Bonchev–Trinajstić information content (AvgIpc) is 3.38. The summed E-state index contributed by atoms with van der Waals surface area (Å²) in [6.07, 6.45) is 0. The molecule has 4 aromatic carbocycles. The third kappa shape index (κ3) is 5.42. The van der Waals surface area contributed by atoms with Crippen molar-refractivity contribution in [1.29, 1.82) is 0 Å². The van der Waals surface area contributed by atoms with Crippen LogP contribution in [0.25, 0.3) is 0 Å². The third-order valence-electron chi connectivity index (χ3n) is 7.49. The number of nitrogens with one attached hydrogen (secondary N) is 1. The summed E-state index contributed by atoms with van der Waals surface area (Å²) < 4.78 is 5.30. The molecule has 4 aromatic rings. The van der Waals surface area contributed by atoms with Gasteiger partial charge >= 0.3 is 12.0 Å². The minimum absolute atomic E-state index is 0.181. The number of carboxylic acids is 1. The molecule has 0 radical (unpaired) electrons. The number of non-ortho nitro benzene ring substituents is 1. The predicted molar refractivity (Wildman–Crippen MR) is 155 cm³/mol. The molecule has 0 aromatic heterocycles. The summed E-state index contributed by atoms with van der Waals surface area (Å²) in [4.78, 5) is 53.4. The number of ether oxygens (including phenoxy) is 1. The van der Waals surface area contributed by atoms with Crippen molar-refractivity contribution in [3.05, 3.63) is 136 Å². The predicted octanol–water partition coefficient (Wildman–Crippen LogP) is 5.93. The van der Waals surface area contributed by atoms with Gasteiger partial charge in [-0.3, -0.25) is 14.9 Å². The van der Waals surface area contributed by atoms with Gasteiger partial charge in [0.15, 0.2) is 5.78 Å². The minimum atomic E-state index is -1.49. The van der Waals surface area contributed by atoms with Crippen LogP contribution in [0.4, 0.5) is 16.2 Å². The SMILES string of the molecule is COc1ccc(C2C(C(=O)c3ccccc3)C(c3ccc([N+](=O)[O-])cc3)C(C(=O)O)N2C(=O)Nc2ccccc2)cc1. The number of hydrogen-bond donors (Lipinski definition) is 2. The first-order valence-electron chi connectivity index (χ1n) is 13.1. The number of nitro groups is 1. The molecule has 5 rings (SSSR count). The number of urea groups is 1. The van der Waals surface area contributed by atoms with E-state index in [0.717, 1.165) is 0 Å². The second-order valence-electron chi connectivity index (χ2n) is 9.84. The molecule has 2 amide bonds. The maximum absolute atomic E-state index is 14.3. The number of para-hydroxylation sites is 1. The van der Waals surface area contributed by atoms with Crippen LogP contribution in [0.2, 0.25) is 0 Å². The number of anilines is 1. The molecule has 1 fully saturated rings. The quantitative estimate of drug-likeness (QED) is 0.153. The first-order chi connectivity index (χ1) is 20.3. The summed E-state index contributed by atoms with van der Waals surface area (Å²) in [7, 11) is 1.51. The summed E-state index contributed by atoms with van der Waals surface area (Å²) in [6.45, 7) is 0. The largest absolute Gasteiger partial charge is 0.497 e. The topological polar surface area (TPSA) is 139 Å². The Labute approximate surface area is 241 Å². The lowest BCUT2D eigenvalue weighted by molar-refractivity contribution is -0.384. The van der Waals surface area contributed by atoms with Crippen molar-refractivity contribution in [1.82, 2.24) is 4.90 Å². The number of aliphatic carboxylic acids is 1. The molecule has 0 aliphatic carbocycles. The summed E-state index contributed by atoms with van der Waals surface area (Å²) >= 11 is 0. The van der Waals surface area contributed by atoms with Crippen LogP contribution in [0.15, 0.2) is 109 Å². The van der Waals surface area contributed by atoms with Gasteiger partial charge in [0.25, 0.3) is 5.69 Å². The molecule has 2 N–H and O–H groups in total. The van der Waals surface area contributed by atoms with Crippen molar-refractivity contribution in [2.24, 2.45) is 5.92 Å². The average molecular weight is 566 g/mol. The number of carboxylic acid groups (broad SMARTS) is 1. The molecule has 1 aliphatic rings. The zero-order chi connectivity index (χ0) is 29.8. The number of hydrogen-bond acceptors (Lipinski definition) is 6. The molecule has 10 nitrogen and oxygen atoms in total. The fourth-order valence-corrected chi connectivity index (χ4v) is 5.62. The van der Waals surface area contributed by atoms with E-state index in [1.165, 1.54) is 36.3 Å². The van der Waals surface area contributed by atoms with Gasteiger partial charge in [-0.15, -0.1) is 0 Å². The number of rotatable bonds is 8. The van der Waals surface area contributed by atoms with E-state index in [1.54, 1.807) is 84.9 Å². The first kappa shape index (κ1) is 28.0. The Morgan fingerprint density at radius 2 is 1.40 bits per heavy atom. The van der Waals surface area contributed by atoms with Gasteiger partial charge in [0.2, 0.25) is 0 Å². The molecular weight excluding hydrogens is 538 g/mol. The molecule has 1 heterocycles. The van der Waals surface area contributed by atoms with Crippen LogP contribution in [0.5, 0.6) is 5.75 Å². The molecule has 42 heavy (non-hydrogen) atoms. The first-order valence-corrected chi connectivity index (χ1v) is 13.1. The lowest BCUT2D eigenvalue weighted by atomic mass is 9.76. The van der Waals surface area contributed by atoms with Crippen LogP contribution in [-0.4, -0.2) is 45.9 Å². The summed E-state index contributed by atoms with van der Waals surface area (Å²) in [5.41, 5.74) is 1.53. The second-order valence-corrected chi connectivity index (χ2v) is 9.84. The lowest BCUT2D eigenvalue weighted by Crippen LogP contribution is -2.45. The van der Waals surface area contributed by atoms with E-state index in [-0.39, 0.29) is 11.5 Å². The molecule has 1 saturated heterocycles. The highest BCUT2D eigenvalue weighted by molar-refractivity contribution is 6.02. The summed E-state index contributed by atoms with van der Waals surface area (Å²) in [5.74, 6) is -3.22. The molecule has 1 aliphatic heterocycles. The van der Waals surface area contributed by atoms with Crippen molar-refractivity contribution in [2.45, 2.75) is 18.0 Å². The van der Waals surface area contributed by atoms with Crippen molar-refractivity contribution in [2.75, 3.05) is 12.4 Å². The Hall–Kier alpha value is -5.51. The zero-order valence-electron chi connectivity index (χ0n) is 22.5. The molecule has 0 saturated carbocycles. The molecule has 10 heteroatoms. The number of amides is 2. The number of carbonyl (C=O) groups excluding carboxylic acids is 2. The van der Waals surface area contributed by atoms with Crippen LogP contribution < -0.4 is 10.1 Å². The number of Topliss-reactive ketones (excluding diaryl/α,β-unsaturated/α-hetero) is 1. The van der Waals surface area contributed by atoms with E-state index >= 15 is 0 Å². The highest BCUT2D eigenvalue weighted by Gasteiger charge is 2.57. The monoisotopic (exact) mass is 565 g/mol. The molecule has 4 atom stereocenters. The Morgan fingerprint density at radius 3 is 1.95 bits per heavy atom. The molecule has 0 spiro atoms. The smallest absolute Gasteiger partial charge is 0.327 e. The Kier molecular flexibility index (Phi) is 7.96. The molecule has 4 unspecified atom stereocenters. The van der Waals surface area contributed by atoms with E-state index in [0.29, 0.717) is 28.1 Å². The van der Waals surface area contributed by atoms with E-state index < -0.39 is 40.8 Å². The van der Waals surface area contributed by atoms with Gasteiger partial charge in [0.05, 0.1) is 24.0 Å². The van der Waals surface area contributed by atoms with Gasteiger partial charge < -0.3 is 20.1 Å². The zero-order valence-corrected chi connectivity index (χ0v) is 22.5. The summed E-state index contributed by atoms with van der Waals surface area (Å²) in [5, 5.41) is 24.8. The fourth-order valence-electron chi connectivity index (χ4n) is 5.62.